The molecule has 0 aromatic heterocycles. The van der Waals surface area contributed by atoms with Crippen LogP contribution in [0.3, 0.4) is 0 Å². The third kappa shape index (κ3) is 6.87. The maximum Gasteiger partial charge on any atom is 0.225 e. The minimum atomic E-state index is 0.281. The second-order valence-corrected chi connectivity index (χ2v) is 9.25. The third-order valence-electron chi connectivity index (χ3n) is 6.89. The Kier molecular flexibility index (Phi) is 9.09. The number of hydrogen-bond acceptors (Lipinski definition) is 3. The van der Waals surface area contributed by atoms with Crippen LogP contribution in [-0.4, -0.2) is 73.5 Å². The predicted octanol–water partition coefficient (Wildman–Crippen LogP) is 2.84. The molecule has 0 radical (unpaired) electrons. The Morgan fingerprint density at radius 1 is 1.00 bits per heavy atom. The summed E-state index contributed by atoms with van der Waals surface area (Å²) in [5, 5.41) is 7.02. The van der Waals surface area contributed by atoms with Crippen molar-refractivity contribution in [3.8, 4) is 0 Å². The van der Waals surface area contributed by atoms with Gasteiger partial charge in [-0.25, -0.2) is 0 Å². The zero-order valence-electron chi connectivity index (χ0n) is 18.8. The predicted molar refractivity (Wildman–Crippen MR) is 120 cm³/mol. The lowest BCUT2D eigenvalue weighted by atomic mass is 9.88. The molecule has 0 spiro atoms. The summed E-state index contributed by atoms with van der Waals surface area (Å²) >= 11 is 0. The average molecular weight is 406 g/mol. The van der Waals surface area contributed by atoms with Gasteiger partial charge in [-0.15, -0.1) is 0 Å². The van der Waals surface area contributed by atoms with Crippen LogP contribution in [0.1, 0.15) is 71.6 Å². The Balaban J connectivity index is 1.44. The highest BCUT2D eigenvalue weighted by Gasteiger charge is 2.31. The first-order valence-electron chi connectivity index (χ1n) is 12.3. The Hall–Kier alpha value is -1.30. The van der Waals surface area contributed by atoms with Crippen LogP contribution in [0, 0.1) is 11.8 Å². The molecule has 166 valence electrons. The fourth-order valence-corrected chi connectivity index (χ4v) is 5.13. The van der Waals surface area contributed by atoms with E-state index in [1.54, 1.807) is 0 Å². The van der Waals surface area contributed by atoms with Crippen molar-refractivity contribution in [3.63, 3.8) is 0 Å². The van der Waals surface area contributed by atoms with E-state index in [-0.39, 0.29) is 5.92 Å². The highest BCUT2D eigenvalue weighted by molar-refractivity contribution is 5.81. The van der Waals surface area contributed by atoms with Gasteiger partial charge in [-0.1, -0.05) is 26.2 Å². The number of aliphatic imine (C=N–C) groups is 1. The van der Waals surface area contributed by atoms with Gasteiger partial charge in [-0.2, -0.15) is 0 Å². The Labute approximate surface area is 177 Å². The first-order chi connectivity index (χ1) is 14.2. The van der Waals surface area contributed by atoms with Gasteiger partial charge in [0.25, 0.3) is 0 Å². The molecule has 0 aromatic carbocycles. The molecule has 2 saturated heterocycles. The average Bonchev–Trinajstić information content (AvgIpc) is 3.22. The Bertz CT molecular complexity index is 523. The first-order valence-corrected chi connectivity index (χ1v) is 12.3. The molecule has 3 fully saturated rings. The van der Waals surface area contributed by atoms with Crippen molar-refractivity contribution in [2.45, 2.75) is 77.7 Å². The fraction of sp³-hybridized carbons (Fsp3) is 0.913. The molecule has 2 aliphatic heterocycles. The highest BCUT2D eigenvalue weighted by Crippen LogP contribution is 2.26. The molecule has 2 N–H and O–H groups in total. The van der Waals surface area contributed by atoms with Crippen molar-refractivity contribution in [1.29, 1.82) is 0 Å². The lowest BCUT2D eigenvalue weighted by Gasteiger charge is -2.31. The number of carbonyl (C=O) groups is 1. The maximum atomic E-state index is 12.8. The lowest BCUT2D eigenvalue weighted by Crippen LogP contribution is -2.46. The summed E-state index contributed by atoms with van der Waals surface area (Å²) in [6.07, 6.45) is 10.7. The Morgan fingerprint density at radius 2 is 1.76 bits per heavy atom. The van der Waals surface area contributed by atoms with E-state index in [0.717, 1.165) is 51.4 Å². The number of guanidine groups is 1. The van der Waals surface area contributed by atoms with E-state index >= 15 is 0 Å². The molecule has 1 saturated carbocycles. The van der Waals surface area contributed by atoms with Crippen molar-refractivity contribution >= 4 is 11.9 Å². The minimum Gasteiger partial charge on any atom is -0.357 e. The zero-order valence-corrected chi connectivity index (χ0v) is 18.8. The number of rotatable bonds is 7. The van der Waals surface area contributed by atoms with E-state index in [4.69, 9.17) is 4.99 Å². The second-order valence-electron chi connectivity index (χ2n) is 9.25. The first kappa shape index (κ1) is 22.4. The standard InChI is InChI=1S/C23H43N5O/c1-3-13-27-14-10-19(11-15-27)17-25-23(24-4-2)26-21-12-16-28(18-21)22(29)20-8-6-5-7-9-20/h19-21H,3-18H2,1-2H3,(H2,24,25,26). The van der Waals surface area contributed by atoms with Crippen molar-refractivity contribution in [1.82, 2.24) is 20.4 Å². The van der Waals surface area contributed by atoms with Gasteiger partial charge in [0, 0.05) is 38.1 Å². The van der Waals surface area contributed by atoms with Gasteiger partial charge in [0.2, 0.25) is 5.91 Å². The van der Waals surface area contributed by atoms with Crippen molar-refractivity contribution in [3.05, 3.63) is 0 Å². The van der Waals surface area contributed by atoms with Crippen LogP contribution in [0.4, 0.5) is 0 Å². The van der Waals surface area contributed by atoms with E-state index in [0.29, 0.717) is 17.9 Å². The van der Waals surface area contributed by atoms with Gasteiger partial charge in [0.1, 0.15) is 0 Å². The van der Waals surface area contributed by atoms with E-state index in [9.17, 15) is 4.79 Å². The Morgan fingerprint density at radius 3 is 2.45 bits per heavy atom. The van der Waals surface area contributed by atoms with Crippen molar-refractivity contribution in [2.75, 3.05) is 45.8 Å². The van der Waals surface area contributed by atoms with Crippen LogP contribution >= 0.6 is 0 Å². The van der Waals surface area contributed by atoms with E-state index in [1.165, 1.54) is 58.2 Å². The summed E-state index contributed by atoms with van der Waals surface area (Å²) in [5.41, 5.74) is 0. The molecule has 1 aliphatic carbocycles. The van der Waals surface area contributed by atoms with Gasteiger partial charge in [-0.3, -0.25) is 9.79 Å². The van der Waals surface area contributed by atoms with Gasteiger partial charge < -0.3 is 20.4 Å². The summed E-state index contributed by atoms with van der Waals surface area (Å²) in [6.45, 7) is 11.6. The summed E-state index contributed by atoms with van der Waals surface area (Å²) in [6, 6.07) is 0.326. The lowest BCUT2D eigenvalue weighted by molar-refractivity contribution is -0.135. The highest BCUT2D eigenvalue weighted by atomic mass is 16.2. The van der Waals surface area contributed by atoms with Crippen LogP contribution in [0.5, 0.6) is 0 Å². The molecular weight excluding hydrogens is 362 g/mol. The molecule has 1 atom stereocenters. The van der Waals surface area contributed by atoms with Crippen LogP contribution in [0.15, 0.2) is 4.99 Å². The largest absolute Gasteiger partial charge is 0.357 e. The summed E-state index contributed by atoms with van der Waals surface area (Å²) in [7, 11) is 0. The van der Waals surface area contributed by atoms with E-state index in [2.05, 4.69) is 34.3 Å². The van der Waals surface area contributed by atoms with Crippen LogP contribution in [0.25, 0.3) is 0 Å². The van der Waals surface area contributed by atoms with Gasteiger partial charge >= 0.3 is 0 Å². The number of hydrogen-bond donors (Lipinski definition) is 2. The SMILES string of the molecule is CCCN1CCC(CN=C(NCC)NC2CCN(C(=O)C3CCCCC3)C2)CC1. The van der Waals surface area contributed by atoms with Crippen molar-refractivity contribution < 1.29 is 4.79 Å². The fourth-order valence-electron chi connectivity index (χ4n) is 5.13. The van der Waals surface area contributed by atoms with Crippen molar-refractivity contribution in [2.24, 2.45) is 16.8 Å². The van der Waals surface area contributed by atoms with Gasteiger partial charge in [-0.05, 0) is 71.0 Å². The summed E-state index contributed by atoms with van der Waals surface area (Å²) < 4.78 is 0. The number of nitrogens with one attached hydrogen (secondary N) is 2. The van der Waals surface area contributed by atoms with Crippen LogP contribution in [-0.2, 0) is 4.79 Å². The molecule has 29 heavy (non-hydrogen) atoms. The van der Waals surface area contributed by atoms with Crippen LogP contribution < -0.4 is 10.6 Å². The minimum absolute atomic E-state index is 0.281. The number of likely N-dealkylation sites (tertiary alicyclic amines) is 2. The number of amides is 1. The second kappa shape index (κ2) is 11.8. The molecule has 1 amide bonds. The molecule has 6 heteroatoms. The quantitative estimate of drug-likeness (QED) is 0.505. The molecule has 3 rings (SSSR count). The summed E-state index contributed by atoms with van der Waals surface area (Å²) in [4.78, 5) is 22.4. The van der Waals surface area contributed by atoms with E-state index in [1.807, 2.05) is 0 Å². The topological polar surface area (TPSA) is 60.0 Å². The third-order valence-corrected chi connectivity index (χ3v) is 6.89. The summed E-state index contributed by atoms with van der Waals surface area (Å²) in [5.74, 6) is 2.31. The molecule has 3 aliphatic rings. The molecule has 0 bridgehead atoms. The maximum absolute atomic E-state index is 12.8. The van der Waals surface area contributed by atoms with Gasteiger partial charge in [0.05, 0.1) is 0 Å². The van der Waals surface area contributed by atoms with E-state index < -0.39 is 0 Å². The molecule has 6 nitrogen and oxygen atoms in total. The molecule has 2 heterocycles. The molecule has 1 unspecified atom stereocenters. The number of nitrogens with zero attached hydrogens (tertiary/aromatic N) is 3. The molecule has 0 aromatic rings. The zero-order chi connectivity index (χ0) is 20.5. The normalized spacial score (nSPS) is 25.4. The number of carbonyl (C=O) groups excluding carboxylic acids is 1. The molecular formula is C23H43N5O. The van der Waals surface area contributed by atoms with Crippen LogP contribution in [0.2, 0.25) is 0 Å². The van der Waals surface area contributed by atoms with Gasteiger partial charge in [0.15, 0.2) is 5.96 Å². The number of piperidine rings is 1. The smallest absolute Gasteiger partial charge is 0.225 e. The monoisotopic (exact) mass is 405 g/mol.